The predicted molar refractivity (Wildman–Crippen MR) is 86.1 cm³/mol. The summed E-state index contributed by atoms with van der Waals surface area (Å²) >= 11 is 0. The summed E-state index contributed by atoms with van der Waals surface area (Å²) in [7, 11) is 0. The summed E-state index contributed by atoms with van der Waals surface area (Å²) in [5.41, 5.74) is 8.37. The zero-order chi connectivity index (χ0) is 14.9. The molecule has 2 aliphatic rings. The normalized spacial score (nSPS) is 22.7. The van der Waals surface area contributed by atoms with E-state index in [2.05, 4.69) is 4.90 Å². The van der Waals surface area contributed by atoms with Gasteiger partial charge in [0.15, 0.2) is 0 Å². The highest BCUT2D eigenvalue weighted by molar-refractivity contribution is 5.55. The molecule has 0 bridgehead atoms. The predicted octanol–water partition coefficient (Wildman–Crippen LogP) is 3.88. The van der Waals surface area contributed by atoms with E-state index in [0.29, 0.717) is 5.41 Å². The molecule has 1 aliphatic heterocycles. The Bertz CT molecular complexity index is 482. The molecule has 1 aromatic carbocycles. The van der Waals surface area contributed by atoms with Crippen molar-refractivity contribution >= 4 is 5.69 Å². The molecule has 2 N–H and O–H groups in total. The molecule has 1 spiro atoms. The average Bonchev–Trinajstić information content (AvgIpc) is 2.89. The van der Waals surface area contributed by atoms with E-state index in [0.717, 1.165) is 30.8 Å². The van der Waals surface area contributed by atoms with Crippen LogP contribution in [0.15, 0.2) is 18.2 Å². The Morgan fingerprint density at radius 3 is 2.48 bits per heavy atom. The Labute approximate surface area is 127 Å². The molecule has 1 saturated heterocycles. The van der Waals surface area contributed by atoms with Crippen molar-refractivity contribution in [3.63, 3.8) is 0 Å². The van der Waals surface area contributed by atoms with Gasteiger partial charge in [-0.1, -0.05) is 25.0 Å². The minimum atomic E-state index is -0.0875. The lowest BCUT2D eigenvalue weighted by atomic mass is 9.77. The molecule has 0 radical (unpaired) electrons. The molecule has 1 aromatic rings. The van der Waals surface area contributed by atoms with Crippen molar-refractivity contribution in [1.82, 2.24) is 0 Å². The van der Waals surface area contributed by atoms with Crippen LogP contribution in [-0.4, -0.2) is 19.1 Å². The van der Waals surface area contributed by atoms with E-state index in [1.807, 2.05) is 13.0 Å². The molecule has 3 heteroatoms. The highest BCUT2D eigenvalue weighted by atomic mass is 19.1. The first-order chi connectivity index (χ1) is 10.1. The van der Waals surface area contributed by atoms with Crippen molar-refractivity contribution in [3.05, 3.63) is 29.6 Å². The number of anilines is 1. The van der Waals surface area contributed by atoms with E-state index in [1.165, 1.54) is 38.5 Å². The van der Waals surface area contributed by atoms with Gasteiger partial charge in [-0.3, -0.25) is 0 Å². The van der Waals surface area contributed by atoms with Crippen LogP contribution in [0.25, 0.3) is 0 Å². The summed E-state index contributed by atoms with van der Waals surface area (Å²) in [5.74, 6) is -0.0875. The standard InChI is InChI=1S/C18H27FN2/c1-14(20)13-15-5-4-6-16(19)17(15)21-11-9-18(10-12-21)7-2-3-8-18/h4-6,14H,2-3,7-13,20H2,1H3. The molecule has 2 fully saturated rings. The Balaban J connectivity index is 1.78. The van der Waals surface area contributed by atoms with Gasteiger partial charge in [0.05, 0.1) is 5.69 Å². The smallest absolute Gasteiger partial charge is 0.146 e. The number of rotatable bonds is 3. The fourth-order valence-corrected chi connectivity index (χ4v) is 4.26. The number of nitrogens with two attached hydrogens (primary N) is 1. The van der Waals surface area contributed by atoms with E-state index in [-0.39, 0.29) is 11.9 Å². The summed E-state index contributed by atoms with van der Waals surface area (Å²) in [4.78, 5) is 2.26. The number of halogens is 1. The molecular weight excluding hydrogens is 263 g/mol. The third kappa shape index (κ3) is 3.08. The molecule has 116 valence electrons. The first kappa shape index (κ1) is 14.8. The van der Waals surface area contributed by atoms with Gasteiger partial charge in [0.1, 0.15) is 5.82 Å². The van der Waals surface area contributed by atoms with Gasteiger partial charge in [-0.15, -0.1) is 0 Å². The van der Waals surface area contributed by atoms with Gasteiger partial charge < -0.3 is 10.6 Å². The Kier molecular flexibility index (Phi) is 4.21. The molecule has 2 nitrogen and oxygen atoms in total. The van der Waals surface area contributed by atoms with E-state index in [1.54, 1.807) is 12.1 Å². The highest BCUT2D eigenvalue weighted by Gasteiger charge is 2.37. The van der Waals surface area contributed by atoms with Crippen molar-refractivity contribution in [2.24, 2.45) is 11.1 Å². The molecule has 0 aromatic heterocycles. The molecule has 21 heavy (non-hydrogen) atoms. The molecule has 1 heterocycles. The summed E-state index contributed by atoms with van der Waals surface area (Å²) in [5, 5.41) is 0. The minimum Gasteiger partial charge on any atom is -0.369 e. The van der Waals surface area contributed by atoms with Crippen LogP contribution >= 0.6 is 0 Å². The first-order valence-corrected chi connectivity index (χ1v) is 8.38. The zero-order valence-corrected chi connectivity index (χ0v) is 13.1. The fourth-order valence-electron chi connectivity index (χ4n) is 4.26. The van der Waals surface area contributed by atoms with Crippen LogP contribution < -0.4 is 10.6 Å². The molecule has 1 aliphatic carbocycles. The van der Waals surface area contributed by atoms with E-state index in [4.69, 9.17) is 5.73 Å². The van der Waals surface area contributed by atoms with Gasteiger partial charge in [0.25, 0.3) is 0 Å². The summed E-state index contributed by atoms with van der Waals surface area (Å²) in [6, 6.07) is 5.48. The summed E-state index contributed by atoms with van der Waals surface area (Å²) < 4.78 is 14.4. The van der Waals surface area contributed by atoms with Crippen molar-refractivity contribution in [2.75, 3.05) is 18.0 Å². The molecule has 0 amide bonds. The van der Waals surface area contributed by atoms with E-state index >= 15 is 0 Å². The van der Waals surface area contributed by atoms with Crippen molar-refractivity contribution in [1.29, 1.82) is 0 Å². The number of nitrogens with zero attached hydrogens (tertiary/aromatic N) is 1. The topological polar surface area (TPSA) is 29.3 Å². The second kappa shape index (κ2) is 5.96. The van der Waals surface area contributed by atoms with Crippen LogP contribution in [0.1, 0.15) is 51.0 Å². The lowest BCUT2D eigenvalue weighted by molar-refractivity contribution is 0.226. The molecular formula is C18H27FN2. The molecule has 1 atom stereocenters. The number of hydrogen-bond donors (Lipinski definition) is 1. The maximum Gasteiger partial charge on any atom is 0.146 e. The lowest BCUT2D eigenvalue weighted by Crippen LogP contribution is -2.40. The fraction of sp³-hybridized carbons (Fsp3) is 0.667. The molecule has 1 unspecified atom stereocenters. The van der Waals surface area contributed by atoms with E-state index < -0.39 is 0 Å². The van der Waals surface area contributed by atoms with Crippen LogP contribution in [-0.2, 0) is 6.42 Å². The summed E-state index contributed by atoms with van der Waals surface area (Å²) in [6.07, 6.45) is 8.72. The Morgan fingerprint density at radius 1 is 1.19 bits per heavy atom. The van der Waals surface area contributed by atoms with Gasteiger partial charge in [-0.2, -0.15) is 0 Å². The van der Waals surface area contributed by atoms with Crippen molar-refractivity contribution in [2.45, 2.75) is 57.9 Å². The maximum atomic E-state index is 14.4. The summed E-state index contributed by atoms with van der Waals surface area (Å²) in [6.45, 7) is 3.97. The van der Waals surface area contributed by atoms with Gasteiger partial charge >= 0.3 is 0 Å². The average molecular weight is 290 g/mol. The van der Waals surface area contributed by atoms with Crippen LogP contribution in [0, 0.1) is 11.2 Å². The SMILES string of the molecule is CC(N)Cc1cccc(F)c1N1CCC2(CCCC2)CC1. The van der Waals surface area contributed by atoms with Gasteiger partial charge in [0.2, 0.25) is 0 Å². The highest BCUT2D eigenvalue weighted by Crippen LogP contribution is 2.47. The lowest BCUT2D eigenvalue weighted by Gasteiger charge is -2.41. The Hall–Kier alpha value is -1.09. The van der Waals surface area contributed by atoms with Gasteiger partial charge in [0, 0.05) is 19.1 Å². The number of benzene rings is 1. The first-order valence-electron chi connectivity index (χ1n) is 8.38. The molecule has 1 saturated carbocycles. The van der Waals surface area contributed by atoms with Crippen molar-refractivity contribution < 1.29 is 4.39 Å². The van der Waals surface area contributed by atoms with Crippen LogP contribution in [0.5, 0.6) is 0 Å². The monoisotopic (exact) mass is 290 g/mol. The van der Waals surface area contributed by atoms with Crippen molar-refractivity contribution in [3.8, 4) is 0 Å². The second-order valence-corrected chi connectivity index (χ2v) is 7.12. The third-order valence-corrected chi connectivity index (χ3v) is 5.42. The Morgan fingerprint density at radius 2 is 1.86 bits per heavy atom. The maximum absolute atomic E-state index is 14.4. The number of para-hydroxylation sites is 1. The van der Waals surface area contributed by atoms with Crippen LogP contribution in [0.2, 0.25) is 0 Å². The minimum absolute atomic E-state index is 0.0662. The second-order valence-electron chi connectivity index (χ2n) is 7.12. The van der Waals surface area contributed by atoms with Gasteiger partial charge in [-0.25, -0.2) is 4.39 Å². The third-order valence-electron chi connectivity index (χ3n) is 5.42. The zero-order valence-electron chi connectivity index (χ0n) is 13.1. The quantitative estimate of drug-likeness (QED) is 0.915. The van der Waals surface area contributed by atoms with Gasteiger partial charge in [-0.05, 0) is 56.1 Å². The number of piperidine rings is 1. The number of hydrogen-bond acceptors (Lipinski definition) is 2. The molecule has 3 rings (SSSR count). The largest absolute Gasteiger partial charge is 0.369 e. The van der Waals surface area contributed by atoms with E-state index in [9.17, 15) is 4.39 Å². The van der Waals surface area contributed by atoms with Crippen LogP contribution in [0.4, 0.5) is 10.1 Å². The van der Waals surface area contributed by atoms with Crippen LogP contribution in [0.3, 0.4) is 0 Å².